The molecule has 0 aliphatic heterocycles. The minimum absolute atomic E-state index is 0.0366. The van der Waals surface area contributed by atoms with Crippen LogP contribution in [-0.2, 0) is 32.7 Å². The average molecular weight is 1310 g/mol. The van der Waals surface area contributed by atoms with Crippen LogP contribution in [0.3, 0.4) is 0 Å². The van der Waals surface area contributed by atoms with E-state index in [9.17, 15) is 19.0 Å². The number of ether oxygens (including phenoxy) is 2. The second-order valence-corrected chi connectivity index (χ2v) is 30.6. The van der Waals surface area contributed by atoms with Gasteiger partial charge in [0, 0.05) is 12.8 Å². The molecule has 0 aromatic heterocycles. The summed E-state index contributed by atoms with van der Waals surface area (Å²) in [6, 6.07) is 0. The number of quaternary nitrogens is 1. The lowest BCUT2D eigenvalue weighted by Crippen LogP contribution is -2.37. The summed E-state index contributed by atoms with van der Waals surface area (Å²) in [5.41, 5.74) is 0. The molecule has 0 saturated heterocycles. The minimum atomic E-state index is -4.39. The number of nitrogens with zero attached hydrogens (tertiary/aromatic N) is 1. The van der Waals surface area contributed by atoms with Gasteiger partial charge in [-0.05, 0) is 44.9 Å². The topological polar surface area (TPSA) is 108 Å². The molecular formula is C81H159NO8P+. The lowest BCUT2D eigenvalue weighted by molar-refractivity contribution is -0.870. The van der Waals surface area contributed by atoms with Gasteiger partial charge in [0.1, 0.15) is 19.8 Å². The number of phosphoric ester groups is 1. The molecule has 0 saturated carbocycles. The third kappa shape index (κ3) is 77.4. The summed E-state index contributed by atoms with van der Waals surface area (Å²) in [5, 5.41) is 0. The van der Waals surface area contributed by atoms with Crippen molar-refractivity contribution in [3.8, 4) is 0 Å². The number of phosphoric acid groups is 1. The van der Waals surface area contributed by atoms with Crippen LogP contribution in [0.2, 0.25) is 0 Å². The number of carbonyl (C=O) groups excluding carboxylic acids is 2. The second-order valence-electron chi connectivity index (χ2n) is 29.2. The van der Waals surface area contributed by atoms with E-state index in [1.54, 1.807) is 0 Å². The smallest absolute Gasteiger partial charge is 0.462 e. The largest absolute Gasteiger partial charge is 0.472 e. The van der Waals surface area contributed by atoms with Gasteiger partial charge < -0.3 is 18.9 Å². The number of likely N-dealkylation sites (N-methyl/N-ethyl adjacent to an activating group) is 1. The first kappa shape index (κ1) is 89.5. The maximum atomic E-state index is 12.9. The Morgan fingerprint density at radius 1 is 0.341 bits per heavy atom. The van der Waals surface area contributed by atoms with E-state index < -0.39 is 26.5 Å². The van der Waals surface area contributed by atoms with Crippen LogP contribution >= 0.6 is 7.82 Å². The molecule has 2 atom stereocenters. The quantitative estimate of drug-likeness (QED) is 0.0211. The molecule has 91 heavy (non-hydrogen) atoms. The van der Waals surface area contributed by atoms with Crippen molar-refractivity contribution in [2.24, 2.45) is 0 Å². The third-order valence-corrected chi connectivity index (χ3v) is 19.7. The highest BCUT2D eigenvalue weighted by Gasteiger charge is 2.27. The Hall–Kier alpha value is -1.51. The zero-order valence-electron chi connectivity index (χ0n) is 61.9. The van der Waals surface area contributed by atoms with Crippen LogP contribution < -0.4 is 0 Å². The second kappa shape index (κ2) is 72.8. The predicted octanol–water partition coefficient (Wildman–Crippen LogP) is 26.8. The molecule has 10 heteroatoms. The molecule has 0 heterocycles. The summed E-state index contributed by atoms with van der Waals surface area (Å²) in [6.07, 6.45) is 93.4. The molecule has 0 fully saturated rings. The normalized spacial score (nSPS) is 13.1. The Labute approximate surface area is 568 Å². The molecule has 0 aromatic carbocycles. The average Bonchev–Trinajstić information content (AvgIpc) is 3.30. The summed E-state index contributed by atoms with van der Waals surface area (Å²) in [5.74, 6) is -0.767. The number of allylic oxidation sites excluding steroid dienone is 4. The third-order valence-electron chi connectivity index (χ3n) is 18.7. The van der Waals surface area contributed by atoms with Gasteiger partial charge >= 0.3 is 19.8 Å². The highest BCUT2D eigenvalue weighted by molar-refractivity contribution is 7.47. The summed E-state index contributed by atoms with van der Waals surface area (Å²) in [7, 11) is 1.51. The van der Waals surface area contributed by atoms with E-state index in [1.165, 1.54) is 360 Å². The number of carbonyl (C=O) groups is 2. The number of rotatable bonds is 77. The molecular weight excluding hydrogens is 1150 g/mol. The van der Waals surface area contributed by atoms with Crippen LogP contribution in [0.15, 0.2) is 24.3 Å². The van der Waals surface area contributed by atoms with Gasteiger partial charge in [-0.3, -0.25) is 18.6 Å². The molecule has 0 aliphatic rings. The SMILES string of the molecule is CCCCCCC/C=C\C/C=C\CCCCCCCCCCCCCCCCCCCCCCCCCCCCCC(=O)OC(COC(=O)CCCCCCCCCCCCCCCCCCCCCCCCCCCCCC)COP(=O)(O)OCC[N+](C)(C)C. The molecule has 1 N–H and O–H groups in total. The van der Waals surface area contributed by atoms with Gasteiger partial charge in [-0.2, -0.15) is 0 Å². The van der Waals surface area contributed by atoms with E-state index in [1.807, 2.05) is 21.1 Å². The fourth-order valence-corrected chi connectivity index (χ4v) is 13.3. The van der Waals surface area contributed by atoms with E-state index in [-0.39, 0.29) is 25.6 Å². The van der Waals surface area contributed by atoms with Crippen molar-refractivity contribution in [1.29, 1.82) is 0 Å². The standard InChI is InChI=1S/C81H158NO8P/c1-6-8-10-12-14-16-18-20-22-24-26-28-30-32-34-36-37-38-39-40-41-42-43-44-45-46-48-50-52-54-56-58-60-62-64-66-68-70-72-74-81(84)90-79(78-89-91(85,86)88-76-75-82(3,4)5)77-87-80(83)73-71-69-67-65-63-61-59-57-55-53-51-49-47-35-33-31-29-27-25-23-21-19-17-15-13-11-9-7-2/h18,20,24,26,79H,6-17,19,21-23,25,27-78H2,1-5H3/p+1/b20-18-,26-24-. The fourth-order valence-electron chi connectivity index (χ4n) is 12.5. The van der Waals surface area contributed by atoms with Crippen LogP contribution in [0.1, 0.15) is 431 Å². The van der Waals surface area contributed by atoms with Gasteiger partial charge in [-0.25, -0.2) is 4.57 Å². The van der Waals surface area contributed by atoms with Crippen molar-refractivity contribution in [3.63, 3.8) is 0 Å². The summed E-state index contributed by atoms with van der Waals surface area (Å²) in [4.78, 5) is 36.0. The Morgan fingerprint density at radius 2 is 0.593 bits per heavy atom. The van der Waals surface area contributed by atoms with E-state index in [0.29, 0.717) is 17.4 Å². The van der Waals surface area contributed by atoms with Crippen LogP contribution in [0.4, 0.5) is 0 Å². The van der Waals surface area contributed by atoms with Gasteiger partial charge in [0.15, 0.2) is 6.10 Å². The lowest BCUT2D eigenvalue weighted by atomic mass is 10.0. The first-order chi connectivity index (χ1) is 44.5. The van der Waals surface area contributed by atoms with Crippen molar-refractivity contribution in [1.82, 2.24) is 0 Å². The maximum absolute atomic E-state index is 12.9. The number of esters is 2. The number of hydrogen-bond acceptors (Lipinski definition) is 7. The summed E-state index contributed by atoms with van der Waals surface area (Å²) >= 11 is 0. The van der Waals surface area contributed by atoms with Gasteiger partial charge in [-0.1, -0.05) is 398 Å². The first-order valence-corrected chi connectivity index (χ1v) is 42.1. The van der Waals surface area contributed by atoms with Crippen molar-refractivity contribution in [2.75, 3.05) is 47.5 Å². The predicted molar refractivity (Wildman–Crippen MR) is 395 cm³/mol. The maximum Gasteiger partial charge on any atom is 0.472 e. The molecule has 0 aromatic rings. The van der Waals surface area contributed by atoms with Gasteiger partial charge in [-0.15, -0.1) is 0 Å². The minimum Gasteiger partial charge on any atom is -0.462 e. The van der Waals surface area contributed by atoms with Crippen LogP contribution in [0.5, 0.6) is 0 Å². The lowest BCUT2D eigenvalue weighted by Gasteiger charge is -2.24. The molecule has 0 radical (unpaired) electrons. The number of hydrogen-bond donors (Lipinski definition) is 1. The molecule has 540 valence electrons. The van der Waals surface area contributed by atoms with Crippen LogP contribution in [-0.4, -0.2) is 74.9 Å². The Bertz CT molecular complexity index is 1580. The number of unbranched alkanes of at least 4 members (excludes halogenated alkanes) is 59. The monoisotopic (exact) mass is 1310 g/mol. The van der Waals surface area contributed by atoms with Crippen molar-refractivity contribution in [2.45, 2.75) is 437 Å². The molecule has 0 aliphatic carbocycles. The first-order valence-electron chi connectivity index (χ1n) is 40.6. The molecule has 0 amide bonds. The van der Waals surface area contributed by atoms with E-state index >= 15 is 0 Å². The fraction of sp³-hybridized carbons (Fsp3) is 0.926. The molecule has 9 nitrogen and oxygen atoms in total. The van der Waals surface area contributed by atoms with E-state index in [0.717, 1.165) is 44.9 Å². The highest BCUT2D eigenvalue weighted by atomic mass is 31.2. The molecule has 2 unspecified atom stereocenters. The zero-order chi connectivity index (χ0) is 66.2. The van der Waals surface area contributed by atoms with Crippen molar-refractivity contribution >= 4 is 19.8 Å². The van der Waals surface area contributed by atoms with Gasteiger partial charge in [0.25, 0.3) is 0 Å². The zero-order valence-corrected chi connectivity index (χ0v) is 62.8. The Balaban J connectivity index is 3.87. The molecule has 0 rings (SSSR count). The highest BCUT2D eigenvalue weighted by Crippen LogP contribution is 2.43. The van der Waals surface area contributed by atoms with E-state index in [2.05, 4.69) is 38.2 Å². The summed E-state index contributed by atoms with van der Waals surface area (Å²) < 4.78 is 34.8. The molecule has 0 bridgehead atoms. The van der Waals surface area contributed by atoms with Gasteiger partial charge in [0.2, 0.25) is 0 Å². The van der Waals surface area contributed by atoms with Gasteiger partial charge in [0.05, 0.1) is 27.7 Å². The van der Waals surface area contributed by atoms with Crippen LogP contribution in [0.25, 0.3) is 0 Å². The summed E-state index contributed by atoms with van der Waals surface area (Å²) in [6.45, 7) is 4.52. The van der Waals surface area contributed by atoms with E-state index in [4.69, 9.17) is 18.5 Å². The van der Waals surface area contributed by atoms with Crippen molar-refractivity contribution < 1.29 is 42.1 Å². The Morgan fingerprint density at radius 3 is 0.868 bits per heavy atom. The molecule has 0 spiro atoms. The van der Waals surface area contributed by atoms with Crippen molar-refractivity contribution in [3.05, 3.63) is 24.3 Å². The van der Waals surface area contributed by atoms with Crippen LogP contribution in [0, 0.1) is 0 Å². The Kier molecular flexibility index (Phi) is 71.5.